The molecule has 0 spiro atoms. The maximum Gasteiger partial charge on any atom is 0.252 e. The number of hydrogen-bond acceptors (Lipinski definition) is 4. The Balaban J connectivity index is 1.97. The highest BCUT2D eigenvalue weighted by atomic mass is 79.9. The topological polar surface area (TPSA) is 63.1 Å². The van der Waals surface area contributed by atoms with Crippen molar-refractivity contribution in [1.29, 1.82) is 0 Å². The monoisotopic (exact) mass is 415 g/mol. The van der Waals surface area contributed by atoms with Crippen molar-refractivity contribution in [3.63, 3.8) is 0 Å². The normalized spacial score (nSPS) is 11.3. The zero-order valence-electron chi connectivity index (χ0n) is 15.2. The third-order valence-electron chi connectivity index (χ3n) is 4.13. The smallest absolute Gasteiger partial charge is 0.252 e. The molecule has 0 saturated carbocycles. The summed E-state index contributed by atoms with van der Waals surface area (Å²) in [5.74, 6) is 0.640. The third-order valence-corrected chi connectivity index (χ3v) is 4.63. The van der Waals surface area contributed by atoms with E-state index in [1.165, 1.54) is 0 Å². The first-order valence-electron chi connectivity index (χ1n) is 8.46. The van der Waals surface area contributed by atoms with Gasteiger partial charge in [0.05, 0.1) is 11.1 Å². The van der Waals surface area contributed by atoms with E-state index in [2.05, 4.69) is 31.1 Å². The second-order valence-electron chi connectivity index (χ2n) is 6.49. The van der Waals surface area contributed by atoms with Crippen molar-refractivity contribution in [2.24, 2.45) is 7.05 Å². The van der Waals surface area contributed by atoms with E-state index in [1.54, 1.807) is 6.20 Å². The molecule has 0 saturated heterocycles. The molecule has 0 radical (unpaired) electrons. The zero-order valence-corrected chi connectivity index (χ0v) is 16.7. The van der Waals surface area contributed by atoms with E-state index >= 15 is 0 Å². The predicted octanol–water partition coefficient (Wildman–Crippen LogP) is 3.08. The molecule has 1 N–H and O–H groups in total. The average molecular weight is 416 g/mol. The van der Waals surface area contributed by atoms with Crippen LogP contribution in [0.3, 0.4) is 0 Å². The van der Waals surface area contributed by atoms with Gasteiger partial charge in [-0.2, -0.15) is 0 Å². The van der Waals surface area contributed by atoms with Crippen LogP contribution in [0.25, 0.3) is 22.4 Å². The number of benzene rings is 1. The second kappa shape index (κ2) is 7.97. The van der Waals surface area contributed by atoms with Crippen molar-refractivity contribution < 1.29 is 4.79 Å². The molecule has 0 aliphatic rings. The largest absolute Gasteiger partial charge is 0.352 e. The fourth-order valence-corrected chi connectivity index (χ4v) is 3.17. The molecule has 2 heterocycles. The van der Waals surface area contributed by atoms with Crippen LogP contribution in [0.15, 0.2) is 41.1 Å². The number of halogens is 1. The molecule has 1 aromatic carbocycles. The molecule has 3 rings (SSSR count). The van der Waals surface area contributed by atoms with E-state index in [0.29, 0.717) is 17.8 Å². The van der Waals surface area contributed by atoms with Crippen LogP contribution < -0.4 is 5.32 Å². The van der Waals surface area contributed by atoms with Crippen molar-refractivity contribution in [3.05, 3.63) is 46.7 Å². The zero-order chi connectivity index (χ0) is 18.7. The number of amides is 1. The van der Waals surface area contributed by atoms with Crippen molar-refractivity contribution in [2.45, 2.75) is 6.42 Å². The fraction of sp³-hybridized carbons (Fsp3) is 0.316. The standard InChI is InChI=1S/C19H22BrN5O/c1-24(2)9-4-7-22-19(26)15-12-17(18-21-8-10-25(18)3)23-16-6-5-13(20)11-14(15)16/h5-6,8,10-12H,4,7,9H2,1-3H3,(H,22,26). The molecule has 2 aromatic heterocycles. The van der Waals surface area contributed by atoms with Crippen LogP contribution in [0, 0.1) is 0 Å². The molecule has 0 bridgehead atoms. The van der Waals surface area contributed by atoms with Crippen molar-refractivity contribution in [2.75, 3.05) is 27.2 Å². The molecule has 0 aliphatic carbocycles. The van der Waals surface area contributed by atoms with Crippen molar-refractivity contribution in [1.82, 2.24) is 24.8 Å². The van der Waals surface area contributed by atoms with Crippen LogP contribution in [0.5, 0.6) is 0 Å². The number of carbonyl (C=O) groups excluding carboxylic acids is 1. The van der Waals surface area contributed by atoms with E-state index in [4.69, 9.17) is 4.98 Å². The molecule has 0 fully saturated rings. The summed E-state index contributed by atoms with van der Waals surface area (Å²) in [7, 11) is 5.96. The number of carbonyl (C=O) groups is 1. The first-order valence-corrected chi connectivity index (χ1v) is 9.26. The van der Waals surface area contributed by atoms with E-state index in [-0.39, 0.29) is 5.91 Å². The summed E-state index contributed by atoms with van der Waals surface area (Å²) in [5.41, 5.74) is 2.07. The van der Waals surface area contributed by atoms with Gasteiger partial charge >= 0.3 is 0 Å². The van der Waals surface area contributed by atoms with Gasteiger partial charge in [-0.25, -0.2) is 9.97 Å². The van der Waals surface area contributed by atoms with Gasteiger partial charge in [0.2, 0.25) is 0 Å². The highest BCUT2D eigenvalue weighted by Crippen LogP contribution is 2.26. The Hall–Kier alpha value is -2.25. The summed E-state index contributed by atoms with van der Waals surface area (Å²) < 4.78 is 2.81. The maximum atomic E-state index is 12.8. The molecule has 0 aliphatic heterocycles. The van der Waals surface area contributed by atoms with Gasteiger partial charge in [-0.3, -0.25) is 4.79 Å². The Morgan fingerprint density at radius 2 is 2.12 bits per heavy atom. The molecule has 3 aromatic rings. The van der Waals surface area contributed by atoms with E-state index < -0.39 is 0 Å². The first kappa shape index (κ1) is 18.5. The van der Waals surface area contributed by atoms with Crippen molar-refractivity contribution >= 4 is 32.7 Å². The minimum Gasteiger partial charge on any atom is -0.352 e. The number of fused-ring (bicyclic) bond motifs is 1. The first-order chi connectivity index (χ1) is 12.5. The molecular weight excluding hydrogens is 394 g/mol. The second-order valence-corrected chi connectivity index (χ2v) is 7.41. The van der Waals surface area contributed by atoms with Gasteiger partial charge in [0, 0.05) is 35.8 Å². The van der Waals surface area contributed by atoms with Gasteiger partial charge in [-0.15, -0.1) is 0 Å². The van der Waals surface area contributed by atoms with Crippen LogP contribution in [0.2, 0.25) is 0 Å². The summed E-state index contributed by atoms with van der Waals surface area (Å²) in [6.07, 6.45) is 4.49. The lowest BCUT2D eigenvalue weighted by atomic mass is 10.1. The molecule has 6 nitrogen and oxygen atoms in total. The maximum absolute atomic E-state index is 12.8. The number of nitrogens with one attached hydrogen (secondary N) is 1. The van der Waals surface area contributed by atoms with Gasteiger partial charge in [-0.05, 0) is 51.3 Å². The van der Waals surface area contributed by atoms with Gasteiger partial charge in [-0.1, -0.05) is 15.9 Å². The highest BCUT2D eigenvalue weighted by molar-refractivity contribution is 9.10. The lowest BCUT2D eigenvalue weighted by Gasteiger charge is -2.12. The number of hydrogen-bond donors (Lipinski definition) is 1. The minimum absolute atomic E-state index is 0.0929. The molecule has 0 unspecified atom stereocenters. The van der Waals surface area contributed by atoms with Gasteiger partial charge in [0.25, 0.3) is 5.91 Å². The Morgan fingerprint density at radius 3 is 2.81 bits per heavy atom. The Bertz CT molecular complexity index is 935. The molecular formula is C19H22BrN5O. The Labute approximate surface area is 161 Å². The lowest BCUT2D eigenvalue weighted by molar-refractivity contribution is 0.0954. The van der Waals surface area contributed by atoms with Crippen LogP contribution in [-0.2, 0) is 7.05 Å². The van der Waals surface area contributed by atoms with Crippen molar-refractivity contribution in [3.8, 4) is 11.5 Å². The number of imidazole rings is 1. The summed E-state index contributed by atoms with van der Waals surface area (Å²) in [5, 5.41) is 3.84. The summed E-state index contributed by atoms with van der Waals surface area (Å²) in [4.78, 5) is 24.0. The van der Waals surface area contributed by atoms with E-state index in [9.17, 15) is 4.79 Å². The van der Waals surface area contributed by atoms with Crippen LogP contribution in [0.1, 0.15) is 16.8 Å². The predicted molar refractivity (Wildman–Crippen MR) is 107 cm³/mol. The number of nitrogens with zero attached hydrogens (tertiary/aromatic N) is 4. The van der Waals surface area contributed by atoms with E-state index in [0.717, 1.165) is 34.2 Å². The molecule has 136 valence electrons. The Morgan fingerprint density at radius 1 is 1.31 bits per heavy atom. The highest BCUT2D eigenvalue weighted by Gasteiger charge is 2.16. The SMILES string of the molecule is CN(C)CCCNC(=O)c1cc(-c2nccn2C)nc2ccc(Br)cc12. The van der Waals surface area contributed by atoms with E-state index in [1.807, 2.05) is 56.2 Å². The summed E-state index contributed by atoms with van der Waals surface area (Å²) in [6, 6.07) is 7.59. The lowest BCUT2D eigenvalue weighted by Crippen LogP contribution is -2.27. The van der Waals surface area contributed by atoms with Gasteiger partial charge < -0.3 is 14.8 Å². The van der Waals surface area contributed by atoms with Crippen LogP contribution >= 0.6 is 15.9 Å². The number of aryl methyl sites for hydroxylation is 1. The quantitative estimate of drug-likeness (QED) is 0.628. The van der Waals surface area contributed by atoms with Crippen LogP contribution in [-0.4, -0.2) is 52.5 Å². The molecule has 26 heavy (non-hydrogen) atoms. The fourth-order valence-electron chi connectivity index (χ4n) is 2.81. The van der Waals surface area contributed by atoms with Gasteiger partial charge in [0.15, 0.2) is 5.82 Å². The third kappa shape index (κ3) is 4.11. The Kier molecular flexibility index (Phi) is 5.68. The number of rotatable bonds is 6. The average Bonchev–Trinajstić information content (AvgIpc) is 3.03. The summed E-state index contributed by atoms with van der Waals surface area (Å²) in [6.45, 7) is 1.56. The summed E-state index contributed by atoms with van der Waals surface area (Å²) >= 11 is 3.48. The van der Waals surface area contributed by atoms with Gasteiger partial charge in [0.1, 0.15) is 5.69 Å². The van der Waals surface area contributed by atoms with Crippen LogP contribution in [0.4, 0.5) is 0 Å². The number of pyridine rings is 1. The molecule has 0 atom stereocenters. The minimum atomic E-state index is -0.0929. The molecule has 1 amide bonds. The number of aromatic nitrogens is 3. The molecule has 7 heteroatoms.